The van der Waals surface area contributed by atoms with Crippen molar-refractivity contribution in [3.05, 3.63) is 29.3 Å². The number of amides is 2. The van der Waals surface area contributed by atoms with E-state index in [2.05, 4.69) is 33.0 Å². The Balaban J connectivity index is 2.74. The van der Waals surface area contributed by atoms with Crippen LogP contribution in [0.5, 0.6) is 0 Å². The van der Waals surface area contributed by atoms with Crippen molar-refractivity contribution in [1.29, 1.82) is 0 Å². The standard InChI is InChI=1S/C15H23ClN2O/c1-11(2)9-18(10-12(3)4)15(19)17-14-8-6-5-7-13(14)16/h5-8,11-12H,9-10H2,1-4H3,(H,17,19). The SMILES string of the molecule is CC(C)CN(CC(C)C)C(=O)Nc1ccccc1Cl. The minimum Gasteiger partial charge on any atom is -0.324 e. The third-order valence-corrected chi connectivity index (χ3v) is 2.90. The average Bonchev–Trinajstić information content (AvgIpc) is 2.30. The van der Waals surface area contributed by atoms with Crippen LogP contribution in [0.15, 0.2) is 24.3 Å². The summed E-state index contributed by atoms with van der Waals surface area (Å²) in [4.78, 5) is 14.1. The highest BCUT2D eigenvalue weighted by atomic mass is 35.5. The number of nitrogens with zero attached hydrogens (tertiary/aromatic N) is 1. The minimum atomic E-state index is -0.0875. The van der Waals surface area contributed by atoms with Crippen molar-refractivity contribution < 1.29 is 4.79 Å². The number of rotatable bonds is 5. The summed E-state index contributed by atoms with van der Waals surface area (Å²) in [6.45, 7) is 9.92. The van der Waals surface area contributed by atoms with Crippen molar-refractivity contribution in [2.75, 3.05) is 18.4 Å². The smallest absolute Gasteiger partial charge is 0.321 e. The van der Waals surface area contributed by atoms with Gasteiger partial charge >= 0.3 is 6.03 Å². The molecule has 1 aromatic carbocycles. The van der Waals surface area contributed by atoms with Gasteiger partial charge in [-0.1, -0.05) is 51.4 Å². The highest BCUT2D eigenvalue weighted by Crippen LogP contribution is 2.21. The molecular weight excluding hydrogens is 260 g/mol. The molecule has 0 heterocycles. The van der Waals surface area contributed by atoms with E-state index < -0.39 is 0 Å². The molecule has 1 rings (SSSR count). The number of urea groups is 1. The zero-order valence-electron chi connectivity index (χ0n) is 12.1. The number of para-hydroxylation sites is 1. The third kappa shape index (κ3) is 5.52. The Bertz CT molecular complexity index is 408. The number of carbonyl (C=O) groups excluding carboxylic acids is 1. The summed E-state index contributed by atoms with van der Waals surface area (Å²) in [5.74, 6) is 0.881. The molecule has 0 radical (unpaired) electrons. The largest absolute Gasteiger partial charge is 0.324 e. The second-order valence-corrected chi connectivity index (χ2v) is 6.01. The number of halogens is 1. The lowest BCUT2D eigenvalue weighted by Crippen LogP contribution is -2.39. The summed E-state index contributed by atoms with van der Waals surface area (Å²) < 4.78 is 0. The fourth-order valence-corrected chi connectivity index (χ4v) is 2.06. The average molecular weight is 283 g/mol. The molecular formula is C15H23ClN2O. The van der Waals surface area contributed by atoms with Gasteiger partial charge in [0.05, 0.1) is 10.7 Å². The first-order valence-electron chi connectivity index (χ1n) is 6.70. The molecule has 0 unspecified atom stereocenters. The van der Waals surface area contributed by atoms with Crippen LogP contribution in [0.2, 0.25) is 5.02 Å². The van der Waals surface area contributed by atoms with Gasteiger partial charge in [-0.05, 0) is 24.0 Å². The fraction of sp³-hybridized carbons (Fsp3) is 0.533. The van der Waals surface area contributed by atoms with Gasteiger partial charge in [0, 0.05) is 13.1 Å². The van der Waals surface area contributed by atoms with Crippen LogP contribution in [0.1, 0.15) is 27.7 Å². The Morgan fingerprint density at radius 3 is 2.16 bits per heavy atom. The predicted molar refractivity (Wildman–Crippen MR) is 81.7 cm³/mol. The molecule has 0 saturated carbocycles. The van der Waals surface area contributed by atoms with E-state index in [-0.39, 0.29) is 6.03 Å². The zero-order valence-corrected chi connectivity index (χ0v) is 12.9. The molecule has 0 aliphatic carbocycles. The summed E-state index contributed by atoms with van der Waals surface area (Å²) in [5.41, 5.74) is 0.659. The van der Waals surface area contributed by atoms with Crippen molar-refractivity contribution >= 4 is 23.3 Å². The number of hydrogen-bond acceptors (Lipinski definition) is 1. The summed E-state index contributed by atoms with van der Waals surface area (Å²) in [5, 5.41) is 3.44. The fourth-order valence-electron chi connectivity index (χ4n) is 1.88. The van der Waals surface area contributed by atoms with E-state index in [0.717, 1.165) is 13.1 Å². The number of anilines is 1. The maximum atomic E-state index is 12.3. The van der Waals surface area contributed by atoms with Crippen LogP contribution in [0.4, 0.5) is 10.5 Å². The minimum absolute atomic E-state index is 0.0875. The van der Waals surface area contributed by atoms with Crippen molar-refractivity contribution in [1.82, 2.24) is 4.90 Å². The Morgan fingerprint density at radius 2 is 1.68 bits per heavy atom. The molecule has 0 aliphatic rings. The Kier molecular flexibility index (Phi) is 6.16. The summed E-state index contributed by atoms with van der Waals surface area (Å²) in [6.07, 6.45) is 0. The molecule has 3 nitrogen and oxygen atoms in total. The van der Waals surface area contributed by atoms with Crippen LogP contribution in [0.3, 0.4) is 0 Å². The highest BCUT2D eigenvalue weighted by molar-refractivity contribution is 6.33. The Hall–Kier alpha value is -1.22. The monoisotopic (exact) mass is 282 g/mol. The molecule has 0 atom stereocenters. The molecule has 0 bridgehead atoms. The van der Waals surface area contributed by atoms with Gasteiger partial charge in [0.15, 0.2) is 0 Å². The van der Waals surface area contributed by atoms with Crippen molar-refractivity contribution in [2.45, 2.75) is 27.7 Å². The number of hydrogen-bond donors (Lipinski definition) is 1. The third-order valence-electron chi connectivity index (χ3n) is 2.57. The molecule has 0 aromatic heterocycles. The van der Waals surface area contributed by atoms with Crippen molar-refractivity contribution in [3.8, 4) is 0 Å². The number of nitrogens with one attached hydrogen (secondary N) is 1. The van der Waals surface area contributed by atoms with Crippen LogP contribution in [-0.2, 0) is 0 Å². The van der Waals surface area contributed by atoms with E-state index in [9.17, 15) is 4.79 Å². The molecule has 2 amide bonds. The quantitative estimate of drug-likeness (QED) is 0.848. The topological polar surface area (TPSA) is 32.3 Å². The highest BCUT2D eigenvalue weighted by Gasteiger charge is 2.16. The lowest BCUT2D eigenvalue weighted by molar-refractivity contribution is 0.196. The number of benzene rings is 1. The first-order chi connectivity index (χ1) is 8.90. The molecule has 106 valence electrons. The lowest BCUT2D eigenvalue weighted by Gasteiger charge is -2.26. The maximum Gasteiger partial charge on any atom is 0.321 e. The van der Waals surface area contributed by atoms with Crippen molar-refractivity contribution in [2.24, 2.45) is 11.8 Å². The normalized spacial score (nSPS) is 10.9. The van der Waals surface area contributed by atoms with Gasteiger partial charge < -0.3 is 10.2 Å². The van der Waals surface area contributed by atoms with Crippen LogP contribution in [0, 0.1) is 11.8 Å². The van der Waals surface area contributed by atoms with Crippen LogP contribution in [0.25, 0.3) is 0 Å². The number of carbonyl (C=O) groups is 1. The molecule has 1 aromatic rings. The molecule has 1 N–H and O–H groups in total. The molecule has 0 aliphatic heterocycles. The Labute approximate surface area is 120 Å². The molecule has 4 heteroatoms. The second kappa shape index (κ2) is 7.39. The van der Waals surface area contributed by atoms with Gasteiger partial charge in [-0.15, -0.1) is 0 Å². The van der Waals surface area contributed by atoms with Gasteiger partial charge in [0.25, 0.3) is 0 Å². The Morgan fingerprint density at radius 1 is 1.16 bits per heavy atom. The summed E-state index contributed by atoms with van der Waals surface area (Å²) >= 11 is 6.05. The van der Waals surface area contributed by atoms with E-state index in [0.29, 0.717) is 22.5 Å². The van der Waals surface area contributed by atoms with E-state index in [1.165, 1.54) is 0 Å². The van der Waals surface area contributed by atoms with Gasteiger partial charge in [-0.2, -0.15) is 0 Å². The summed E-state index contributed by atoms with van der Waals surface area (Å²) in [6, 6.07) is 7.19. The second-order valence-electron chi connectivity index (χ2n) is 5.60. The van der Waals surface area contributed by atoms with E-state index in [4.69, 9.17) is 11.6 Å². The molecule has 0 spiro atoms. The van der Waals surface area contributed by atoms with Gasteiger partial charge in [-0.25, -0.2) is 4.79 Å². The van der Waals surface area contributed by atoms with Crippen LogP contribution >= 0.6 is 11.6 Å². The van der Waals surface area contributed by atoms with E-state index >= 15 is 0 Å². The van der Waals surface area contributed by atoms with Gasteiger partial charge in [0.1, 0.15) is 0 Å². The predicted octanol–water partition coefficient (Wildman–Crippen LogP) is 4.49. The zero-order chi connectivity index (χ0) is 14.4. The maximum absolute atomic E-state index is 12.3. The van der Waals surface area contributed by atoms with E-state index in [1.54, 1.807) is 6.07 Å². The molecule has 0 fully saturated rings. The van der Waals surface area contributed by atoms with E-state index in [1.807, 2.05) is 23.1 Å². The van der Waals surface area contributed by atoms with Gasteiger partial charge in [0.2, 0.25) is 0 Å². The van der Waals surface area contributed by atoms with Crippen LogP contribution in [-0.4, -0.2) is 24.0 Å². The van der Waals surface area contributed by atoms with Crippen LogP contribution < -0.4 is 5.32 Å². The first-order valence-corrected chi connectivity index (χ1v) is 7.08. The first kappa shape index (κ1) is 15.8. The van der Waals surface area contributed by atoms with Crippen molar-refractivity contribution in [3.63, 3.8) is 0 Å². The lowest BCUT2D eigenvalue weighted by atomic mass is 10.1. The summed E-state index contributed by atoms with van der Waals surface area (Å²) in [7, 11) is 0. The molecule has 0 saturated heterocycles. The molecule has 19 heavy (non-hydrogen) atoms. The van der Waals surface area contributed by atoms with Gasteiger partial charge in [-0.3, -0.25) is 0 Å².